The van der Waals surface area contributed by atoms with Gasteiger partial charge in [-0.15, -0.1) is 0 Å². The molecule has 0 bridgehead atoms. The summed E-state index contributed by atoms with van der Waals surface area (Å²) in [6.07, 6.45) is 4.61. The maximum atomic E-state index is 4.60. The number of aromatic nitrogens is 2. The molecule has 0 radical (unpaired) electrons. The fourth-order valence-corrected chi connectivity index (χ4v) is 2.62. The normalized spacial score (nSPS) is 14.2. The van der Waals surface area contributed by atoms with E-state index in [0.29, 0.717) is 6.04 Å². The highest BCUT2D eigenvalue weighted by Crippen LogP contribution is 2.26. The number of hydrogen-bond donors (Lipinski definition) is 1. The van der Waals surface area contributed by atoms with Crippen LogP contribution in [-0.2, 0) is 0 Å². The molecule has 3 rings (SSSR count). The first-order chi connectivity index (χ1) is 10.2. The zero-order valence-corrected chi connectivity index (χ0v) is 13.1. The largest absolute Gasteiger partial charge is 0.372 e. The molecule has 21 heavy (non-hydrogen) atoms. The lowest BCUT2D eigenvalue weighted by atomic mass is 10.2. The van der Waals surface area contributed by atoms with Crippen LogP contribution in [-0.4, -0.2) is 28.7 Å². The Hall–Kier alpha value is -1.97. The summed E-state index contributed by atoms with van der Waals surface area (Å²) in [6, 6.07) is 9.34. The molecule has 1 heterocycles. The number of benzene rings is 1. The smallest absolute Gasteiger partial charge is 0.207 e. The lowest BCUT2D eigenvalue weighted by molar-refractivity contribution is 0.865. The first-order valence-electron chi connectivity index (χ1n) is 7.89. The van der Waals surface area contributed by atoms with E-state index in [1.165, 1.54) is 18.5 Å². The molecular weight excluding hydrogens is 260 g/mol. The molecule has 2 aromatic rings. The second-order valence-electron chi connectivity index (χ2n) is 5.68. The maximum Gasteiger partial charge on any atom is 0.207 e. The molecule has 1 saturated carbocycles. The standard InChI is InChI=1S/C17H24N4/c1-4-20(5-2)15-8-10-16(11-9-15)21-12-13(3)18-17(21)19-14-6-7-14/h8-12,14H,4-7H2,1-3H3,(H,18,19). The quantitative estimate of drug-likeness (QED) is 0.880. The highest BCUT2D eigenvalue weighted by molar-refractivity contribution is 5.53. The van der Waals surface area contributed by atoms with Crippen LogP contribution in [0.25, 0.3) is 5.69 Å². The number of anilines is 2. The Morgan fingerprint density at radius 1 is 1.19 bits per heavy atom. The van der Waals surface area contributed by atoms with Gasteiger partial charge in [-0.3, -0.25) is 4.57 Å². The van der Waals surface area contributed by atoms with E-state index < -0.39 is 0 Å². The lowest BCUT2D eigenvalue weighted by Crippen LogP contribution is -2.21. The average Bonchev–Trinajstić information content (AvgIpc) is 3.23. The van der Waals surface area contributed by atoms with Crippen LogP contribution in [0.4, 0.5) is 11.6 Å². The molecule has 4 nitrogen and oxygen atoms in total. The van der Waals surface area contributed by atoms with Crippen molar-refractivity contribution in [1.82, 2.24) is 9.55 Å². The third-order valence-corrected chi connectivity index (χ3v) is 3.99. The number of nitrogens with one attached hydrogen (secondary N) is 1. The highest BCUT2D eigenvalue weighted by atomic mass is 15.2. The van der Waals surface area contributed by atoms with Gasteiger partial charge >= 0.3 is 0 Å². The number of aryl methyl sites for hydroxylation is 1. The summed E-state index contributed by atoms with van der Waals surface area (Å²) in [5.41, 5.74) is 3.48. The Morgan fingerprint density at radius 3 is 2.43 bits per heavy atom. The molecule has 0 aliphatic heterocycles. The summed E-state index contributed by atoms with van der Waals surface area (Å²) >= 11 is 0. The van der Waals surface area contributed by atoms with Gasteiger partial charge in [-0.05, 0) is 57.9 Å². The fraction of sp³-hybridized carbons (Fsp3) is 0.471. The van der Waals surface area contributed by atoms with Gasteiger partial charge in [-0.2, -0.15) is 0 Å². The lowest BCUT2D eigenvalue weighted by Gasteiger charge is -2.21. The van der Waals surface area contributed by atoms with Gasteiger partial charge in [0, 0.05) is 36.7 Å². The maximum absolute atomic E-state index is 4.60. The molecule has 1 aromatic heterocycles. The number of hydrogen-bond acceptors (Lipinski definition) is 3. The van der Waals surface area contributed by atoms with E-state index in [2.05, 4.69) is 64.1 Å². The van der Waals surface area contributed by atoms with Crippen LogP contribution >= 0.6 is 0 Å². The van der Waals surface area contributed by atoms with Crippen molar-refractivity contribution in [3.05, 3.63) is 36.2 Å². The second kappa shape index (κ2) is 5.80. The Labute approximate surface area is 126 Å². The Bertz CT molecular complexity index is 592. The van der Waals surface area contributed by atoms with Gasteiger partial charge in [0.1, 0.15) is 0 Å². The molecule has 0 spiro atoms. The van der Waals surface area contributed by atoms with Gasteiger partial charge in [-0.1, -0.05) is 0 Å². The molecular formula is C17H24N4. The topological polar surface area (TPSA) is 33.1 Å². The van der Waals surface area contributed by atoms with Crippen LogP contribution in [0.5, 0.6) is 0 Å². The number of imidazole rings is 1. The molecule has 1 aliphatic carbocycles. The first-order valence-corrected chi connectivity index (χ1v) is 7.89. The zero-order chi connectivity index (χ0) is 14.8. The van der Waals surface area contributed by atoms with Crippen molar-refractivity contribution >= 4 is 11.6 Å². The van der Waals surface area contributed by atoms with Crippen molar-refractivity contribution in [1.29, 1.82) is 0 Å². The highest BCUT2D eigenvalue weighted by Gasteiger charge is 2.23. The van der Waals surface area contributed by atoms with Crippen LogP contribution in [0.15, 0.2) is 30.5 Å². The van der Waals surface area contributed by atoms with Crippen LogP contribution < -0.4 is 10.2 Å². The van der Waals surface area contributed by atoms with Gasteiger partial charge in [0.25, 0.3) is 0 Å². The van der Waals surface area contributed by atoms with E-state index in [9.17, 15) is 0 Å². The summed E-state index contributed by atoms with van der Waals surface area (Å²) in [4.78, 5) is 6.95. The van der Waals surface area contributed by atoms with E-state index in [1.807, 2.05) is 6.92 Å². The van der Waals surface area contributed by atoms with E-state index in [0.717, 1.165) is 30.4 Å². The van der Waals surface area contributed by atoms with Gasteiger partial charge < -0.3 is 10.2 Å². The van der Waals surface area contributed by atoms with E-state index >= 15 is 0 Å². The summed E-state index contributed by atoms with van der Waals surface area (Å²) in [6.45, 7) is 8.49. The number of nitrogens with zero attached hydrogens (tertiary/aromatic N) is 3. The van der Waals surface area contributed by atoms with Crippen LogP contribution in [0.2, 0.25) is 0 Å². The molecule has 112 valence electrons. The molecule has 1 N–H and O–H groups in total. The molecule has 0 unspecified atom stereocenters. The minimum atomic E-state index is 0.612. The monoisotopic (exact) mass is 284 g/mol. The molecule has 4 heteroatoms. The Morgan fingerprint density at radius 2 is 1.86 bits per heavy atom. The third kappa shape index (κ3) is 3.04. The van der Waals surface area contributed by atoms with Crippen molar-refractivity contribution in [2.24, 2.45) is 0 Å². The molecule has 0 amide bonds. The second-order valence-corrected chi connectivity index (χ2v) is 5.68. The predicted octanol–water partition coefficient (Wildman–Crippen LogP) is 3.60. The minimum absolute atomic E-state index is 0.612. The van der Waals surface area contributed by atoms with E-state index in [1.54, 1.807) is 0 Å². The molecule has 0 saturated heterocycles. The fourth-order valence-electron chi connectivity index (χ4n) is 2.62. The summed E-state index contributed by atoms with van der Waals surface area (Å²) < 4.78 is 2.15. The van der Waals surface area contributed by atoms with Crippen LogP contribution in [0, 0.1) is 6.92 Å². The molecule has 1 aliphatic rings. The average molecular weight is 284 g/mol. The minimum Gasteiger partial charge on any atom is -0.372 e. The zero-order valence-electron chi connectivity index (χ0n) is 13.1. The summed E-state index contributed by atoms with van der Waals surface area (Å²) in [5, 5.41) is 3.50. The Balaban J connectivity index is 1.86. The molecule has 0 atom stereocenters. The SMILES string of the molecule is CCN(CC)c1ccc(-n2cc(C)nc2NC2CC2)cc1. The van der Waals surface area contributed by atoms with E-state index in [4.69, 9.17) is 0 Å². The van der Waals surface area contributed by atoms with Crippen LogP contribution in [0.3, 0.4) is 0 Å². The number of rotatable bonds is 6. The van der Waals surface area contributed by atoms with Gasteiger partial charge in [0.05, 0.1) is 5.69 Å². The summed E-state index contributed by atoms with van der Waals surface area (Å²) in [5.74, 6) is 0.964. The predicted molar refractivity (Wildman–Crippen MR) is 88.5 cm³/mol. The van der Waals surface area contributed by atoms with E-state index in [-0.39, 0.29) is 0 Å². The van der Waals surface area contributed by atoms with Crippen molar-refractivity contribution < 1.29 is 0 Å². The third-order valence-electron chi connectivity index (χ3n) is 3.99. The van der Waals surface area contributed by atoms with Crippen LogP contribution in [0.1, 0.15) is 32.4 Å². The van der Waals surface area contributed by atoms with Gasteiger partial charge in [0.2, 0.25) is 5.95 Å². The Kier molecular flexibility index (Phi) is 3.86. The van der Waals surface area contributed by atoms with Crippen molar-refractivity contribution in [3.63, 3.8) is 0 Å². The molecule has 1 fully saturated rings. The van der Waals surface area contributed by atoms with Gasteiger partial charge in [-0.25, -0.2) is 4.98 Å². The van der Waals surface area contributed by atoms with Gasteiger partial charge in [0.15, 0.2) is 0 Å². The first kappa shape index (κ1) is 14.0. The van der Waals surface area contributed by atoms with Crippen molar-refractivity contribution in [3.8, 4) is 5.69 Å². The van der Waals surface area contributed by atoms with Crippen molar-refractivity contribution in [2.45, 2.75) is 39.7 Å². The van der Waals surface area contributed by atoms with Crippen molar-refractivity contribution in [2.75, 3.05) is 23.3 Å². The summed E-state index contributed by atoms with van der Waals surface area (Å²) in [7, 11) is 0. The molecule has 1 aromatic carbocycles.